The Bertz CT molecular complexity index is 1580. The molecule has 2 unspecified atom stereocenters. The van der Waals surface area contributed by atoms with Gasteiger partial charge in [-0.05, 0) is 13.8 Å². The molecule has 8 N–H and O–H groups in total. The number of aromatic hydroxyl groups is 1. The third-order valence-electron chi connectivity index (χ3n) is 5.50. The molecule has 16 nitrogen and oxygen atoms in total. The number of aliphatic carboxylic acids is 1. The molecule has 210 valence electrons. The zero-order valence-electron chi connectivity index (χ0n) is 20.8. The molecule has 0 aliphatic carbocycles. The number of carbonyl (C=O) groups excluding carboxylic acids is 3. The fourth-order valence-corrected chi connectivity index (χ4v) is 4.50. The number of thiazole rings is 2. The van der Waals surface area contributed by atoms with Crippen molar-refractivity contribution in [2.75, 3.05) is 12.3 Å². The predicted octanol–water partition coefficient (Wildman–Crippen LogP) is -0.760. The van der Waals surface area contributed by atoms with E-state index in [2.05, 4.69) is 36.1 Å². The number of pyridine rings is 1. The molecule has 2 atom stereocenters. The van der Waals surface area contributed by atoms with Gasteiger partial charge in [0.15, 0.2) is 16.6 Å². The topological polar surface area (TPSA) is 251 Å². The molecule has 0 saturated carbocycles. The number of nitrogens with zero attached hydrogens (tertiary/aromatic N) is 3. The molecule has 1 aliphatic heterocycles. The fraction of sp³-hybridized carbons (Fsp3) is 0.273. The van der Waals surface area contributed by atoms with E-state index < -0.39 is 58.3 Å². The van der Waals surface area contributed by atoms with Gasteiger partial charge in [0, 0.05) is 29.6 Å². The van der Waals surface area contributed by atoms with Crippen LogP contribution in [0.25, 0.3) is 10.7 Å². The quantitative estimate of drug-likeness (QED) is 0.0877. The molecular weight excluding hydrogens is 568 g/mol. The number of oxime groups is 1. The molecule has 4 heterocycles. The van der Waals surface area contributed by atoms with E-state index in [1.54, 1.807) is 0 Å². The first-order valence-electron chi connectivity index (χ1n) is 11.3. The molecule has 3 aromatic heterocycles. The first-order valence-corrected chi connectivity index (χ1v) is 13.1. The Morgan fingerprint density at radius 2 is 1.93 bits per heavy atom. The van der Waals surface area contributed by atoms with Crippen LogP contribution in [-0.2, 0) is 19.2 Å². The summed E-state index contributed by atoms with van der Waals surface area (Å²) < 4.78 is 0. The summed E-state index contributed by atoms with van der Waals surface area (Å²) in [5, 5.41) is 33.3. The Morgan fingerprint density at radius 3 is 2.55 bits per heavy atom. The second-order valence-electron chi connectivity index (χ2n) is 8.83. The monoisotopic (exact) mass is 590 g/mol. The fourth-order valence-electron chi connectivity index (χ4n) is 3.17. The van der Waals surface area contributed by atoms with Crippen LogP contribution in [0.5, 0.6) is 5.75 Å². The summed E-state index contributed by atoms with van der Waals surface area (Å²) in [6.45, 7) is 2.39. The van der Waals surface area contributed by atoms with Crippen molar-refractivity contribution in [2.45, 2.75) is 31.5 Å². The lowest BCUT2D eigenvalue weighted by Gasteiger charge is -2.37. The first-order chi connectivity index (χ1) is 18.9. The maximum Gasteiger partial charge on any atom is 0.350 e. The van der Waals surface area contributed by atoms with Gasteiger partial charge in [0.1, 0.15) is 22.4 Å². The standard InChI is InChI=1S/C22H22N8O8S2/c1-22(2,20(36)37)38-30-15(10-6-40-21(23)28-10)18(35)29-14-9(26-17(14)34)4-25-16(33)11-7-39-19(27-11)8-3-12(31)13(32)5-24-8/h3,5-7,9,14,32H,4H2,1-2H3,(H2,23,28)(H,24,31)(H,25,33)(H,26,34)(H,29,35)(H,36,37). The number of β-lactam (4-membered cyclic amide) rings is 1. The average molecular weight is 591 g/mol. The highest BCUT2D eigenvalue weighted by atomic mass is 32.1. The third kappa shape index (κ3) is 6.07. The number of carboxylic acids is 1. The minimum atomic E-state index is -1.76. The number of rotatable bonds is 10. The number of H-pyrrole nitrogens is 1. The van der Waals surface area contributed by atoms with Gasteiger partial charge in [0.05, 0.1) is 11.7 Å². The van der Waals surface area contributed by atoms with Crippen molar-refractivity contribution in [3.63, 3.8) is 0 Å². The molecule has 1 saturated heterocycles. The normalized spacial score (nSPS) is 16.9. The van der Waals surface area contributed by atoms with Crippen molar-refractivity contribution in [1.82, 2.24) is 30.9 Å². The van der Waals surface area contributed by atoms with Gasteiger partial charge in [0.25, 0.3) is 11.8 Å². The number of aromatic nitrogens is 3. The van der Waals surface area contributed by atoms with Crippen LogP contribution in [0.15, 0.2) is 33.0 Å². The Hall–Kier alpha value is -4.84. The lowest BCUT2D eigenvalue weighted by Crippen LogP contribution is -2.72. The average Bonchev–Trinajstić information content (AvgIpc) is 3.56. The molecule has 18 heteroatoms. The van der Waals surface area contributed by atoms with Crippen LogP contribution < -0.4 is 27.1 Å². The number of hydrogen-bond donors (Lipinski definition) is 7. The lowest BCUT2D eigenvalue weighted by molar-refractivity contribution is -0.161. The van der Waals surface area contributed by atoms with Crippen LogP contribution in [0.1, 0.15) is 30.0 Å². The van der Waals surface area contributed by atoms with E-state index in [4.69, 9.17) is 10.6 Å². The van der Waals surface area contributed by atoms with Crippen LogP contribution in [0, 0.1) is 0 Å². The van der Waals surface area contributed by atoms with Crippen LogP contribution in [0.2, 0.25) is 0 Å². The van der Waals surface area contributed by atoms with Crippen LogP contribution >= 0.6 is 22.7 Å². The Labute approximate surface area is 232 Å². The number of carbonyl (C=O) groups is 4. The van der Waals surface area contributed by atoms with E-state index in [-0.39, 0.29) is 23.1 Å². The number of nitrogens with one attached hydrogen (secondary N) is 4. The Balaban J connectivity index is 1.40. The second-order valence-corrected chi connectivity index (χ2v) is 10.6. The van der Waals surface area contributed by atoms with Crippen molar-refractivity contribution >= 4 is 57.2 Å². The molecule has 1 fully saturated rings. The second kappa shape index (κ2) is 11.1. The third-order valence-corrected chi connectivity index (χ3v) is 7.05. The van der Waals surface area contributed by atoms with E-state index in [9.17, 15) is 34.2 Å². The number of nitrogen functional groups attached to an aromatic ring is 1. The van der Waals surface area contributed by atoms with E-state index in [1.165, 1.54) is 24.6 Å². The predicted molar refractivity (Wildman–Crippen MR) is 142 cm³/mol. The van der Waals surface area contributed by atoms with Crippen molar-refractivity contribution in [3.8, 4) is 16.5 Å². The maximum atomic E-state index is 13.0. The van der Waals surface area contributed by atoms with Gasteiger partial charge < -0.3 is 41.7 Å². The number of aromatic amines is 1. The number of amides is 3. The Kier molecular flexibility index (Phi) is 7.82. The van der Waals surface area contributed by atoms with Gasteiger partial charge >= 0.3 is 5.97 Å². The summed E-state index contributed by atoms with van der Waals surface area (Å²) in [4.78, 5) is 76.7. The van der Waals surface area contributed by atoms with Gasteiger partial charge in [-0.15, -0.1) is 22.7 Å². The number of anilines is 1. The van der Waals surface area contributed by atoms with Crippen LogP contribution in [-0.4, -0.2) is 78.8 Å². The summed E-state index contributed by atoms with van der Waals surface area (Å²) in [6.07, 6.45) is 1.12. The molecule has 0 bridgehead atoms. The largest absolute Gasteiger partial charge is 0.503 e. The first kappa shape index (κ1) is 28.2. The molecule has 3 amide bonds. The van der Waals surface area contributed by atoms with Gasteiger partial charge in [0.2, 0.25) is 16.9 Å². The van der Waals surface area contributed by atoms with Gasteiger partial charge in [-0.1, -0.05) is 5.16 Å². The van der Waals surface area contributed by atoms with E-state index >= 15 is 0 Å². The highest BCUT2D eigenvalue weighted by Crippen LogP contribution is 2.21. The maximum absolute atomic E-state index is 13.0. The zero-order valence-corrected chi connectivity index (χ0v) is 22.4. The molecule has 0 radical (unpaired) electrons. The van der Waals surface area contributed by atoms with E-state index in [0.717, 1.165) is 34.9 Å². The number of hydrogen-bond acceptors (Lipinski definition) is 13. The summed E-state index contributed by atoms with van der Waals surface area (Å²) >= 11 is 2.11. The van der Waals surface area contributed by atoms with Crippen LogP contribution in [0.3, 0.4) is 0 Å². The van der Waals surface area contributed by atoms with E-state index in [0.29, 0.717) is 10.7 Å². The van der Waals surface area contributed by atoms with Crippen LogP contribution in [0.4, 0.5) is 5.13 Å². The minimum Gasteiger partial charge on any atom is -0.503 e. The summed E-state index contributed by atoms with van der Waals surface area (Å²) in [5.74, 6) is -3.75. The smallest absolute Gasteiger partial charge is 0.350 e. The SMILES string of the molecule is CC(C)(ON=C(C(=O)NC1C(=O)NC1CNC(=O)c1csc(-c2cc(=O)c(O)c[nH]2)n1)c1csc(N)n1)C(=O)O. The van der Waals surface area contributed by atoms with Crippen molar-refractivity contribution in [1.29, 1.82) is 0 Å². The molecular formula is C22H22N8O8S2. The lowest BCUT2D eigenvalue weighted by atomic mass is 9.98. The molecule has 40 heavy (non-hydrogen) atoms. The summed E-state index contributed by atoms with van der Waals surface area (Å²) in [5.41, 5.74) is 3.26. The molecule has 0 spiro atoms. The van der Waals surface area contributed by atoms with Gasteiger partial charge in [-0.2, -0.15) is 0 Å². The van der Waals surface area contributed by atoms with Crippen molar-refractivity contribution in [3.05, 3.63) is 44.6 Å². The van der Waals surface area contributed by atoms with E-state index in [1.807, 2.05) is 0 Å². The summed E-state index contributed by atoms with van der Waals surface area (Å²) in [7, 11) is 0. The number of carboxylic acid groups (broad SMARTS) is 1. The minimum absolute atomic E-state index is 0.0140. The van der Waals surface area contributed by atoms with Crippen molar-refractivity contribution < 1.29 is 34.2 Å². The Morgan fingerprint density at radius 1 is 1.20 bits per heavy atom. The summed E-state index contributed by atoms with van der Waals surface area (Å²) in [6, 6.07) is -0.599. The van der Waals surface area contributed by atoms with Crippen molar-refractivity contribution in [2.24, 2.45) is 5.16 Å². The van der Waals surface area contributed by atoms with Gasteiger partial charge in [-0.25, -0.2) is 14.8 Å². The number of nitrogens with two attached hydrogens (primary N) is 1. The van der Waals surface area contributed by atoms with Gasteiger partial charge in [-0.3, -0.25) is 19.2 Å². The molecule has 1 aliphatic rings. The highest BCUT2D eigenvalue weighted by molar-refractivity contribution is 7.13. The highest BCUT2D eigenvalue weighted by Gasteiger charge is 2.41. The zero-order chi connectivity index (χ0) is 29.2. The molecule has 4 rings (SSSR count). The molecule has 3 aromatic rings. The molecule has 0 aromatic carbocycles.